The highest BCUT2D eigenvalue weighted by Gasteiger charge is 2.21. The number of nitrogens with two attached hydrogens (primary N) is 1. The summed E-state index contributed by atoms with van der Waals surface area (Å²) in [5.74, 6) is -0.0274. The van der Waals surface area contributed by atoms with E-state index < -0.39 is 16.1 Å². The number of benzene rings is 1. The summed E-state index contributed by atoms with van der Waals surface area (Å²) in [6.07, 6.45) is 0. The topological polar surface area (TPSA) is 123 Å². The van der Waals surface area contributed by atoms with Crippen LogP contribution in [0.15, 0.2) is 41.8 Å². The van der Waals surface area contributed by atoms with E-state index in [4.69, 9.17) is 17.4 Å². The van der Waals surface area contributed by atoms with Gasteiger partial charge in [0, 0.05) is 5.69 Å². The van der Waals surface area contributed by atoms with Crippen molar-refractivity contribution in [3.63, 3.8) is 0 Å². The van der Waals surface area contributed by atoms with Gasteiger partial charge in [-0.3, -0.25) is 14.5 Å². The fourth-order valence-electron chi connectivity index (χ4n) is 2.58. The van der Waals surface area contributed by atoms with Gasteiger partial charge in [-0.2, -0.15) is 5.10 Å². The van der Waals surface area contributed by atoms with E-state index in [9.17, 15) is 13.2 Å². The van der Waals surface area contributed by atoms with E-state index in [-0.39, 0.29) is 11.7 Å². The predicted molar refractivity (Wildman–Crippen MR) is 107 cm³/mol. The molecule has 0 aliphatic carbocycles. The lowest BCUT2D eigenvalue weighted by atomic mass is 10.2. The number of primary sulfonamides is 1. The van der Waals surface area contributed by atoms with E-state index in [1.165, 1.54) is 11.3 Å². The van der Waals surface area contributed by atoms with Crippen molar-refractivity contribution >= 4 is 45.2 Å². The van der Waals surface area contributed by atoms with Gasteiger partial charge in [-0.1, -0.05) is 18.2 Å². The Hall–Kier alpha value is -2.34. The fourth-order valence-corrected chi connectivity index (χ4v) is 4.22. The lowest BCUT2D eigenvalue weighted by Gasteiger charge is -2.15. The molecule has 0 saturated carbocycles. The molecule has 142 valence electrons. The normalized spacial score (nSPS) is 12.7. The van der Waals surface area contributed by atoms with Crippen molar-refractivity contribution in [3.05, 3.63) is 52.1 Å². The Kier molecular flexibility index (Phi) is 5.56. The maximum atomic E-state index is 12.7. The number of H-pyrrole nitrogens is 1. The van der Waals surface area contributed by atoms with E-state index in [2.05, 4.69) is 15.5 Å². The van der Waals surface area contributed by atoms with Crippen molar-refractivity contribution in [2.45, 2.75) is 18.7 Å². The zero-order chi connectivity index (χ0) is 19.6. The smallest absolute Gasteiger partial charge is 0.247 e. The molecule has 0 spiro atoms. The minimum atomic E-state index is -3.65. The molecule has 3 rings (SSSR count). The number of nitrogens with one attached hydrogen (secondary N) is 2. The van der Waals surface area contributed by atoms with Crippen LogP contribution in [-0.2, 0) is 20.6 Å². The molecule has 0 saturated heterocycles. The third-order valence-corrected chi connectivity index (χ3v) is 5.66. The second-order valence-electron chi connectivity index (χ2n) is 5.87. The summed E-state index contributed by atoms with van der Waals surface area (Å²) < 4.78 is 24.5. The minimum absolute atomic E-state index is 0.304. The Morgan fingerprint density at radius 3 is 2.85 bits per heavy atom. The van der Waals surface area contributed by atoms with Crippen LogP contribution in [0.3, 0.4) is 0 Å². The van der Waals surface area contributed by atoms with Crippen LogP contribution in [0.2, 0.25) is 0 Å². The Bertz CT molecular complexity index is 1120. The maximum Gasteiger partial charge on any atom is 0.247 e. The number of carbonyl (C=O) groups excluding carboxylic acids is 1. The largest absolute Gasteiger partial charge is 0.324 e. The fraction of sp³-hybridized carbons (Fsp3) is 0.188. The molecule has 3 aromatic rings. The molecular weight excluding hydrogens is 406 g/mol. The summed E-state index contributed by atoms with van der Waals surface area (Å²) >= 11 is 6.77. The summed E-state index contributed by atoms with van der Waals surface area (Å²) in [5.41, 5.74) is 0.961. The molecule has 4 N–H and O–H groups in total. The van der Waals surface area contributed by atoms with Crippen LogP contribution in [0, 0.1) is 4.77 Å². The number of thiophene rings is 1. The van der Waals surface area contributed by atoms with Crippen LogP contribution in [0.4, 0.5) is 5.69 Å². The third kappa shape index (κ3) is 4.69. The first-order chi connectivity index (χ1) is 12.7. The molecule has 1 amide bonds. The van der Waals surface area contributed by atoms with E-state index in [0.717, 1.165) is 4.88 Å². The second kappa shape index (κ2) is 7.72. The standard InChI is InChI=1S/C16H17N5O3S3/c1-10(21-14(19-20-16(21)25)13-6-3-7-26-13)15(22)18-12-5-2-4-11(8-12)9-27(17,23)24/h2-8,10H,9H2,1H3,(H,18,22)(H,20,25)(H2,17,23,24). The summed E-state index contributed by atoms with van der Waals surface area (Å²) in [6, 6.07) is 9.69. The number of rotatable bonds is 6. The molecule has 0 fully saturated rings. The summed E-state index contributed by atoms with van der Waals surface area (Å²) in [4.78, 5) is 13.6. The third-order valence-electron chi connectivity index (χ3n) is 3.78. The van der Waals surface area contributed by atoms with Crippen molar-refractivity contribution in [3.8, 4) is 10.7 Å². The molecule has 27 heavy (non-hydrogen) atoms. The number of hydrogen-bond acceptors (Lipinski definition) is 6. The molecule has 1 unspecified atom stereocenters. The number of anilines is 1. The summed E-state index contributed by atoms with van der Waals surface area (Å²) in [6.45, 7) is 1.71. The molecule has 8 nitrogen and oxygen atoms in total. The molecule has 0 radical (unpaired) electrons. The van der Waals surface area contributed by atoms with E-state index in [1.807, 2.05) is 17.5 Å². The number of sulfonamides is 1. The maximum absolute atomic E-state index is 12.7. The Labute approximate surface area is 165 Å². The minimum Gasteiger partial charge on any atom is -0.324 e. The van der Waals surface area contributed by atoms with Gasteiger partial charge in [0.15, 0.2) is 10.6 Å². The summed E-state index contributed by atoms with van der Waals surface area (Å²) in [7, 11) is -3.65. The SMILES string of the molecule is CC(C(=O)Nc1cccc(CS(N)(=O)=O)c1)n1c(-c2cccs2)n[nH]c1=S. The van der Waals surface area contributed by atoms with Crippen LogP contribution < -0.4 is 10.5 Å². The van der Waals surface area contributed by atoms with Gasteiger partial charge in [0.05, 0.1) is 10.6 Å². The number of nitrogens with zero attached hydrogens (tertiary/aromatic N) is 2. The molecule has 1 atom stereocenters. The average Bonchev–Trinajstić information content (AvgIpc) is 3.22. The van der Waals surface area contributed by atoms with Crippen LogP contribution in [0.25, 0.3) is 10.7 Å². The lowest BCUT2D eigenvalue weighted by Crippen LogP contribution is -2.24. The highest BCUT2D eigenvalue weighted by atomic mass is 32.2. The molecule has 2 heterocycles. The molecule has 1 aromatic carbocycles. The highest BCUT2D eigenvalue weighted by Crippen LogP contribution is 2.26. The van der Waals surface area contributed by atoms with Crippen LogP contribution in [0.1, 0.15) is 18.5 Å². The van der Waals surface area contributed by atoms with Gasteiger partial charge in [-0.25, -0.2) is 13.6 Å². The number of carbonyl (C=O) groups is 1. The molecule has 0 aliphatic heterocycles. The van der Waals surface area contributed by atoms with E-state index in [1.54, 1.807) is 35.8 Å². The highest BCUT2D eigenvalue weighted by molar-refractivity contribution is 7.88. The van der Waals surface area contributed by atoms with Crippen molar-refractivity contribution in [2.75, 3.05) is 5.32 Å². The average molecular weight is 424 g/mol. The molecule has 2 aromatic heterocycles. The first-order valence-electron chi connectivity index (χ1n) is 7.85. The number of aromatic nitrogens is 3. The van der Waals surface area contributed by atoms with Crippen molar-refractivity contribution in [1.29, 1.82) is 0 Å². The monoisotopic (exact) mass is 423 g/mol. The first kappa shape index (κ1) is 19.4. The second-order valence-corrected chi connectivity index (χ2v) is 8.82. The Balaban J connectivity index is 1.83. The molecular formula is C16H17N5O3S3. The van der Waals surface area contributed by atoms with Gasteiger partial charge in [0.1, 0.15) is 6.04 Å². The number of amides is 1. The van der Waals surface area contributed by atoms with Gasteiger partial charge >= 0.3 is 0 Å². The first-order valence-corrected chi connectivity index (χ1v) is 10.9. The van der Waals surface area contributed by atoms with E-state index >= 15 is 0 Å². The summed E-state index contributed by atoms with van der Waals surface area (Å²) in [5, 5.41) is 16.7. The van der Waals surface area contributed by atoms with Gasteiger partial charge in [0.2, 0.25) is 15.9 Å². The molecule has 0 bridgehead atoms. The van der Waals surface area contributed by atoms with Gasteiger partial charge in [-0.05, 0) is 48.3 Å². The number of aromatic amines is 1. The van der Waals surface area contributed by atoms with Crippen LogP contribution in [0.5, 0.6) is 0 Å². The van der Waals surface area contributed by atoms with Crippen LogP contribution in [-0.4, -0.2) is 29.1 Å². The predicted octanol–water partition coefficient (Wildman–Crippen LogP) is 2.66. The lowest BCUT2D eigenvalue weighted by molar-refractivity contribution is -0.118. The van der Waals surface area contributed by atoms with Gasteiger partial charge in [-0.15, -0.1) is 11.3 Å². The molecule has 11 heteroatoms. The zero-order valence-corrected chi connectivity index (χ0v) is 16.7. The van der Waals surface area contributed by atoms with Gasteiger partial charge in [0.25, 0.3) is 0 Å². The van der Waals surface area contributed by atoms with Crippen molar-refractivity contribution in [1.82, 2.24) is 14.8 Å². The van der Waals surface area contributed by atoms with Gasteiger partial charge < -0.3 is 5.32 Å². The quantitative estimate of drug-likeness (QED) is 0.526. The zero-order valence-electron chi connectivity index (χ0n) is 14.2. The van der Waals surface area contributed by atoms with Crippen molar-refractivity contribution in [2.24, 2.45) is 5.14 Å². The van der Waals surface area contributed by atoms with E-state index in [0.29, 0.717) is 21.8 Å². The van der Waals surface area contributed by atoms with Crippen LogP contribution >= 0.6 is 23.6 Å². The van der Waals surface area contributed by atoms with Crippen molar-refractivity contribution < 1.29 is 13.2 Å². The number of hydrogen-bond donors (Lipinski definition) is 3. The molecule has 0 aliphatic rings. The Morgan fingerprint density at radius 2 is 2.19 bits per heavy atom. The Morgan fingerprint density at radius 1 is 1.41 bits per heavy atom.